The van der Waals surface area contributed by atoms with E-state index in [1.165, 1.54) is 0 Å². The summed E-state index contributed by atoms with van der Waals surface area (Å²) >= 11 is 0. The number of alkyl carbamates (subject to hydrolysis) is 1. The molecule has 0 aliphatic heterocycles. The predicted octanol–water partition coefficient (Wildman–Crippen LogP) is 3.27. The molecule has 0 saturated carbocycles. The van der Waals surface area contributed by atoms with Crippen molar-refractivity contribution in [2.45, 2.75) is 65.8 Å². The molecule has 0 radical (unpaired) electrons. The minimum atomic E-state index is -0.624. The quantitative estimate of drug-likeness (QED) is 0.495. The molecule has 5 heteroatoms. The number of carbonyl (C=O) groups is 2. The summed E-state index contributed by atoms with van der Waals surface area (Å²) in [5.74, 6) is -0.0853. The summed E-state index contributed by atoms with van der Waals surface area (Å²) in [5, 5.41) is 2.59. The van der Waals surface area contributed by atoms with E-state index in [1.807, 2.05) is 20.8 Å². The van der Waals surface area contributed by atoms with Crippen molar-refractivity contribution in [1.29, 1.82) is 0 Å². The molecule has 0 spiro atoms. The van der Waals surface area contributed by atoms with Crippen LogP contribution < -0.4 is 5.32 Å². The fourth-order valence-corrected chi connectivity index (χ4v) is 1.69. The number of esters is 1. The van der Waals surface area contributed by atoms with E-state index in [0.717, 1.165) is 25.7 Å². The van der Waals surface area contributed by atoms with Crippen LogP contribution in [0.4, 0.5) is 4.79 Å². The van der Waals surface area contributed by atoms with Gasteiger partial charge in [0.05, 0.1) is 13.2 Å². The van der Waals surface area contributed by atoms with Gasteiger partial charge in [0, 0.05) is 0 Å². The van der Waals surface area contributed by atoms with Crippen molar-refractivity contribution < 1.29 is 19.1 Å². The number of nitrogens with one attached hydrogen (secondary N) is 1. The van der Waals surface area contributed by atoms with Gasteiger partial charge in [-0.1, -0.05) is 40.5 Å². The Labute approximate surface area is 122 Å². The number of ether oxygens (including phenoxy) is 2. The molecule has 118 valence electrons. The zero-order valence-corrected chi connectivity index (χ0v) is 13.2. The lowest BCUT2D eigenvalue weighted by Gasteiger charge is -2.19. The highest BCUT2D eigenvalue weighted by Gasteiger charge is 2.23. The molecular weight excluding hydrogens is 258 g/mol. The van der Waals surface area contributed by atoms with Gasteiger partial charge in [0.1, 0.15) is 6.04 Å². The van der Waals surface area contributed by atoms with Crippen molar-refractivity contribution in [3.63, 3.8) is 0 Å². The van der Waals surface area contributed by atoms with Crippen LogP contribution >= 0.6 is 0 Å². The monoisotopic (exact) mass is 287 g/mol. The van der Waals surface area contributed by atoms with Crippen molar-refractivity contribution in [3.8, 4) is 0 Å². The average Bonchev–Trinajstić information content (AvgIpc) is 2.39. The van der Waals surface area contributed by atoms with Gasteiger partial charge in [-0.25, -0.2) is 9.59 Å². The number of rotatable bonds is 10. The summed E-state index contributed by atoms with van der Waals surface area (Å²) in [4.78, 5) is 23.5. The Morgan fingerprint density at radius 2 is 1.70 bits per heavy atom. The predicted molar refractivity (Wildman–Crippen MR) is 78.5 cm³/mol. The number of unbranched alkanes of at least 4 members (excludes halogenated alkanes) is 2. The van der Waals surface area contributed by atoms with Crippen LogP contribution in [0.2, 0.25) is 0 Å². The second kappa shape index (κ2) is 11.6. The maximum absolute atomic E-state index is 12.0. The molecule has 5 nitrogen and oxygen atoms in total. The lowest BCUT2D eigenvalue weighted by molar-refractivity contribution is -0.146. The van der Waals surface area contributed by atoms with E-state index in [2.05, 4.69) is 12.2 Å². The molecular formula is C15H29NO4. The summed E-state index contributed by atoms with van der Waals surface area (Å²) in [6.45, 7) is 8.77. The summed E-state index contributed by atoms with van der Waals surface area (Å²) in [7, 11) is 0. The van der Waals surface area contributed by atoms with Gasteiger partial charge in [0.2, 0.25) is 0 Å². The first kappa shape index (κ1) is 18.7. The van der Waals surface area contributed by atoms with E-state index in [1.54, 1.807) is 0 Å². The minimum Gasteiger partial charge on any atom is -0.464 e. The van der Waals surface area contributed by atoms with E-state index in [4.69, 9.17) is 9.47 Å². The fraction of sp³-hybridized carbons (Fsp3) is 0.867. The SMILES string of the molecule is CCCCCOC(=O)C(CC(C)C)NC(=O)OCCC. The molecule has 1 amide bonds. The maximum atomic E-state index is 12.0. The number of hydrogen-bond donors (Lipinski definition) is 1. The highest BCUT2D eigenvalue weighted by atomic mass is 16.6. The van der Waals surface area contributed by atoms with Crippen LogP contribution in [-0.2, 0) is 14.3 Å². The van der Waals surface area contributed by atoms with Crippen LogP contribution in [0.25, 0.3) is 0 Å². The molecule has 0 aromatic carbocycles. The van der Waals surface area contributed by atoms with E-state index in [-0.39, 0.29) is 11.9 Å². The Hall–Kier alpha value is -1.26. The standard InChI is InChI=1S/C15H29NO4/c1-5-7-8-10-19-14(17)13(11-12(3)4)16-15(18)20-9-6-2/h12-13H,5-11H2,1-4H3,(H,16,18). The van der Waals surface area contributed by atoms with Crippen molar-refractivity contribution in [3.05, 3.63) is 0 Å². The summed E-state index contributed by atoms with van der Waals surface area (Å²) < 4.78 is 10.1. The van der Waals surface area contributed by atoms with E-state index < -0.39 is 12.1 Å². The topological polar surface area (TPSA) is 64.6 Å². The molecule has 0 fully saturated rings. The summed E-state index contributed by atoms with van der Waals surface area (Å²) in [6, 6.07) is -0.624. The molecule has 0 aliphatic carbocycles. The van der Waals surface area contributed by atoms with E-state index in [9.17, 15) is 9.59 Å². The Kier molecular flexibility index (Phi) is 10.8. The van der Waals surface area contributed by atoms with Crippen molar-refractivity contribution in [1.82, 2.24) is 5.32 Å². The smallest absolute Gasteiger partial charge is 0.407 e. The molecule has 0 heterocycles. The first-order chi connectivity index (χ1) is 9.51. The molecule has 1 atom stereocenters. The van der Waals surface area contributed by atoms with Gasteiger partial charge in [-0.3, -0.25) is 0 Å². The van der Waals surface area contributed by atoms with Crippen molar-refractivity contribution >= 4 is 12.1 Å². The lowest BCUT2D eigenvalue weighted by Crippen LogP contribution is -2.43. The Bertz CT molecular complexity index is 279. The van der Waals surface area contributed by atoms with Gasteiger partial charge >= 0.3 is 12.1 Å². The Morgan fingerprint density at radius 3 is 2.25 bits per heavy atom. The normalized spacial score (nSPS) is 12.1. The van der Waals surface area contributed by atoms with Gasteiger partial charge in [-0.15, -0.1) is 0 Å². The molecule has 0 bridgehead atoms. The second-order valence-corrected chi connectivity index (χ2v) is 5.34. The third-order valence-electron chi connectivity index (χ3n) is 2.71. The van der Waals surface area contributed by atoms with Crippen LogP contribution in [0, 0.1) is 5.92 Å². The van der Waals surface area contributed by atoms with Crippen LogP contribution in [0.15, 0.2) is 0 Å². The Morgan fingerprint density at radius 1 is 1.00 bits per heavy atom. The Balaban J connectivity index is 4.24. The molecule has 20 heavy (non-hydrogen) atoms. The van der Waals surface area contributed by atoms with Gasteiger partial charge < -0.3 is 14.8 Å². The number of carbonyl (C=O) groups excluding carboxylic acids is 2. The fourth-order valence-electron chi connectivity index (χ4n) is 1.69. The minimum absolute atomic E-state index is 0.287. The van der Waals surface area contributed by atoms with Gasteiger partial charge in [0.15, 0.2) is 0 Å². The third-order valence-corrected chi connectivity index (χ3v) is 2.71. The van der Waals surface area contributed by atoms with E-state index in [0.29, 0.717) is 19.6 Å². The molecule has 0 rings (SSSR count). The third kappa shape index (κ3) is 9.64. The lowest BCUT2D eigenvalue weighted by atomic mass is 10.0. The van der Waals surface area contributed by atoms with Gasteiger partial charge in [-0.05, 0) is 25.2 Å². The maximum Gasteiger partial charge on any atom is 0.407 e. The van der Waals surface area contributed by atoms with Crippen molar-refractivity contribution in [2.75, 3.05) is 13.2 Å². The molecule has 0 aromatic heterocycles. The first-order valence-electron chi connectivity index (χ1n) is 7.61. The summed E-state index contributed by atoms with van der Waals surface area (Å²) in [5.41, 5.74) is 0. The van der Waals surface area contributed by atoms with Crippen LogP contribution in [0.1, 0.15) is 59.8 Å². The largest absolute Gasteiger partial charge is 0.464 e. The van der Waals surface area contributed by atoms with Crippen LogP contribution in [0.3, 0.4) is 0 Å². The zero-order chi connectivity index (χ0) is 15.4. The van der Waals surface area contributed by atoms with Crippen LogP contribution in [0.5, 0.6) is 0 Å². The van der Waals surface area contributed by atoms with Gasteiger partial charge in [0.25, 0.3) is 0 Å². The number of hydrogen-bond acceptors (Lipinski definition) is 4. The first-order valence-corrected chi connectivity index (χ1v) is 7.61. The molecule has 1 N–H and O–H groups in total. The second-order valence-electron chi connectivity index (χ2n) is 5.34. The van der Waals surface area contributed by atoms with Crippen LogP contribution in [-0.4, -0.2) is 31.3 Å². The zero-order valence-electron chi connectivity index (χ0n) is 13.2. The molecule has 0 aromatic rings. The summed E-state index contributed by atoms with van der Waals surface area (Å²) in [6.07, 6.45) is 3.72. The van der Waals surface area contributed by atoms with Gasteiger partial charge in [-0.2, -0.15) is 0 Å². The van der Waals surface area contributed by atoms with E-state index >= 15 is 0 Å². The molecule has 0 aliphatic rings. The average molecular weight is 287 g/mol. The highest BCUT2D eigenvalue weighted by molar-refractivity contribution is 5.81. The number of amides is 1. The molecule has 0 saturated heterocycles. The highest BCUT2D eigenvalue weighted by Crippen LogP contribution is 2.07. The molecule has 1 unspecified atom stereocenters. The van der Waals surface area contributed by atoms with Crippen molar-refractivity contribution in [2.24, 2.45) is 5.92 Å².